The second kappa shape index (κ2) is 4.01. The summed E-state index contributed by atoms with van der Waals surface area (Å²) in [5, 5.41) is 9.06. The molecule has 1 aliphatic rings. The third kappa shape index (κ3) is 1.85. The fourth-order valence-electron chi connectivity index (χ4n) is 1.94. The third-order valence-electron chi connectivity index (χ3n) is 2.83. The number of hydrogen-bond acceptors (Lipinski definition) is 3. The predicted octanol–water partition coefficient (Wildman–Crippen LogP) is 2.01. The van der Waals surface area contributed by atoms with E-state index in [9.17, 15) is 0 Å². The smallest absolute Gasteiger partial charge is 0.0774 e. The summed E-state index contributed by atoms with van der Waals surface area (Å²) >= 11 is 1.77. The Balaban J connectivity index is 2.17. The van der Waals surface area contributed by atoms with Gasteiger partial charge in [0.25, 0.3) is 0 Å². The van der Waals surface area contributed by atoms with Crippen LogP contribution >= 0.6 is 11.3 Å². The van der Waals surface area contributed by atoms with Crippen LogP contribution in [0.2, 0.25) is 0 Å². The summed E-state index contributed by atoms with van der Waals surface area (Å²) in [6.07, 6.45) is 1.15. The first-order valence-electron chi connectivity index (χ1n) is 5.16. The first-order valence-corrected chi connectivity index (χ1v) is 5.97. The van der Waals surface area contributed by atoms with Crippen LogP contribution in [0.15, 0.2) is 6.07 Å². The van der Waals surface area contributed by atoms with E-state index in [1.165, 1.54) is 10.4 Å². The van der Waals surface area contributed by atoms with Crippen molar-refractivity contribution in [3.05, 3.63) is 21.4 Å². The number of aliphatic hydroxyl groups excluding tert-OH is 1. The molecule has 1 aromatic heterocycles. The maximum Gasteiger partial charge on any atom is 0.0774 e. The van der Waals surface area contributed by atoms with Crippen LogP contribution < -0.4 is 0 Å². The van der Waals surface area contributed by atoms with Gasteiger partial charge in [-0.1, -0.05) is 0 Å². The summed E-state index contributed by atoms with van der Waals surface area (Å²) in [6, 6.07) is 2.79. The number of rotatable bonds is 2. The molecule has 2 nitrogen and oxygen atoms in total. The maximum atomic E-state index is 9.06. The average molecular weight is 211 g/mol. The van der Waals surface area contributed by atoms with Crippen LogP contribution in [0.3, 0.4) is 0 Å². The van der Waals surface area contributed by atoms with Crippen LogP contribution in [0.1, 0.15) is 29.2 Å². The highest BCUT2D eigenvalue weighted by atomic mass is 32.1. The Labute approximate surface area is 89.2 Å². The zero-order valence-corrected chi connectivity index (χ0v) is 9.60. The maximum absolute atomic E-state index is 9.06. The van der Waals surface area contributed by atoms with Gasteiger partial charge in [-0.25, -0.2) is 0 Å². The van der Waals surface area contributed by atoms with E-state index in [1.54, 1.807) is 11.3 Å². The van der Waals surface area contributed by atoms with E-state index >= 15 is 0 Å². The molecule has 1 N–H and O–H groups in total. The molecular weight excluding hydrogens is 194 g/mol. The van der Waals surface area contributed by atoms with Gasteiger partial charge in [-0.15, -0.1) is 11.3 Å². The molecule has 0 radical (unpaired) electrons. The molecule has 1 aliphatic heterocycles. The van der Waals surface area contributed by atoms with E-state index in [-0.39, 0.29) is 6.61 Å². The van der Waals surface area contributed by atoms with Crippen LogP contribution in [0.5, 0.6) is 0 Å². The van der Waals surface area contributed by atoms with Gasteiger partial charge in [-0.3, -0.25) is 4.90 Å². The SMILES string of the molecule is CC(C)N1CCc2sc(CO)cc2C1. The number of thiophene rings is 1. The Kier molecular flexibility index (Phi) is 2.91. The molecule has 0 atom stereocenters. The minimum atomic E-state index is 0.194. The number of fused-ring (bicyclic) bond motifs is 1. The number of nitrogens with zero attached hydrogens (tertiary/aromatic N) is 1. The molecule has 0 saturated carbocycles. The van der Waals surface area contributed by atoms with Crippen molar-refractivity contribution >= 4 is 11.3 Å². The molecule has 14 heavy (non-hydrogen) atoms. The summed E-state index contributed by atoms with van der Waals surface area (Å²) in [5.74, 6) is 0. The van der Waals surface area contributed by atoms with Gasteiger partial charge in [-0.2, -0.15) is 0 Å². The second-order valence-corrected chi connectivity index (χ2v) is 5.35. The van der Waals surface area contributed by atoms with E-state index in [0.29, 0.717) is 6.04 Å². The van der Waals surface area contributed by atoms with Gasteiger partial charge in [0, 0.05) is 28.9 Å². The Morgan fingerprint density at radius 2 is 2.36 bits per heavy atom. The van der Waals surface area contributed by atoms with Crippen molar-refractivity contribution in [1.29, 1.82) is 0 Å². The van der Waals surface area contributed by atoms with Crippen LogP contribution in [0.25, 0.3) is 0 Å². The zero-order chi connectivity index (χ0) is 10.1. The van der Waals surface area contributed by atoms with E-state index in [1.807, 2.05) is 0 Å². The lowest BCUT2D eigenvalue weighted by Gasteiger charge is -2.30. The van der Waals surface area contributed by atoms with Gasteiger partial charge < -0.3 is 5.11 Å². The first kappa shape index (κ1) is 10.1. The van der Waals surface area contributed by atoms with Crippen molar-refractivity contribution < 1.29 is 5.11 Å². The fraction of sp³-hybridized carbons (Fsp3) is 0.636. The van der Waals surface area contributed by atoms with Crippen molar-refractivity contribution in [2.45, 2.75) is 39.5 Å². The molecule has 3 heteroatoms. The van der Waals surface area contributed by atoms with Crippen molar-refractivity contribution in [2.75, 3.05) is 6.54 Å². The summed E-state index contributed by atoms with van der Waals surface area (Å²) < 4.78 is 0. The Morgan fingerprint density at radius 1 is 1.57 bits per heavy atom. The van der Waals surface area contributed by atoms with Crippen molar-refractivity contribution in [2.24, 2.45) is 0 Å². The Morgan fingerprint density at radius 3 is 3.00 bits per heavy atom. The molecule has 0 fully saturated rings. The van der Waals surface area contributed by atoms with Crippen molar-refractivity contribution in [3.8, 4) is 0 Å². The van der Waals surface area contributed by atoms with Crippen molar-refractivity contribution in [1.82, 2.24) is 4.90 Å². The molecule has 0 saturated heterocycles. The van der Waals surface area contributed by atoms with Crippen LogP contribution in [0.4, 0.5) is 0 Å². The quantitative estimate of drug-likeness (QED) is 0.809. The average Bonchev–Trinajstić information content (AvgIpc) is 2.58. The minimum Gasteiger partial charge on any atom is -0.391 e. The molecule has 0 bridgehead atoms. The predicted molar refractivity (Wildman–Crippen MR) is 59.5 cm³/mol. The van der Waals surface area contributed by atoms with E-state index in [2.05, 4.69) is 24.8 Å². The molecule has 2 rings (SSSR count). The first-order chi connectivity index (χ1) is 6.70. The summed E-state index contributed by atoms with van der Waals surface area (Å²) in [6.45, 7) is 6.90. The van der Waals surface area contributed by atoms with Crippen LogP contribution in [-0.2, 0) is 19.6 Å². The molecule has 78 valence electrons. The van der Waals surface area contributed by atoms with Gasteiger partial charge in [0.2, 0.25) is 0 Å². The molecule has 0 aromatic carbocycles. The lowest BCUT2D eigenvalue weighted by atomic mass is 10.1. The Bertz CT molecular complexity index is 319. The second-order valence-electron chi connectivity index (χ2n) is 4.13. The lowest BCUT2D eigenvalue weighted by molar-refractivity contribution is 0.205. The molecule has 0 spiro atoms. The van der Waals surface area contributed by atoms with Crippen molar-refractivity contribution in [3.63, 3.8) is 0 Å². The molecular formula is C11H17NOS. The largest absolute Gasteiger partial charge is 0.391 e. The molecule has 2 heterocycles. The summed E-state index contributed by atoms with van der Waals surface area (Å²) in [4.78, 5) is 5.07. The highest BCUT2D eigenvalue weighted by Gasteiger charge is 2.20. The van der Waals surface area contributed by atoms with E-state index < -0.39 is 0 Å². The number of hydrogen-bond donors (Lipinski definition) is 1. The van der Waals surface area contributed by atoms with Crippen LogP contribution in [-0.4, -0.2) is 22.6 Å². The van der Waals surface area contributed by atoms with E-state index in [4.69, 9.17) is 5.11 Å². The fourth-order valence-corrected chi connectivity index (χ4v) is 2.97. The summed E-state index contributed by atoms with van der Waals surface area (Å²) in [7, 11) is 0. The van der Waals surface area contributed by atoms with Gasteiger partial charge >= 0.3 is 0 Å². The van der Waals surface area contributed by atoms with Gasteiger partial charge in [0.05, 0.1) is 6.61 Å². The Hall–Kier alpha value is -0.380. The highest BCUT2D eigenvalue weighted by molar-refractivity contribution is 7.12. The normalized spacial score (nSPS) is 17.4. The molecule has 0 aliphatic carbocycles. The highest BCUT2D eigenvalue weighted by Crippen LogP contribution is 2.28. The topological polar surface area (TPSA) is 23.5 Å². The monoisotopic (exact) mass is 211 g/mol. The molecule has 1 aromatic rings. The van der Waals surface area contributed by atoms with Gasteiger partial charge in [0.15, 0.2) is 0 Å². The molecule has 0 amide bonds. The van der Waals surface area contributed by atoms with Crippen LogP contribution in [0, 0.1) is 0 Å². The standard InChI is InChI=1S/C11H17NOS/c1-8(2)12-4-3-11-9(6-12)5-10(7-13)14-11/h5,8,13H,3-4,6-7H2,1-2H3. The third-order valence-corrected chi connectivity index (χ3v) is 4.06. The number of aliphatic hydroxyl groups is 1. The lowest BCUT2D eigenvalue weighted by Crippen LogP contribution is -2.35. The van der Waals surface area contributed by atoms with E-state index in [0.717, 1.165) is 24.4 Å². The zero-order valence-electron chi connectivity index (χ0n) is 8.79. The summed E-state index contributed by atoms with van der Waals surface area (Å²) in [5.41, 5.74) is 1.43. The van der Waals surface area contributed by atoms with Gasteiger partial charge in [0.1, 0.15) is 0 Å². The minimum absolute atomic E-state index is 0.194. The van der Waals surface area contributed by atoms with Gasteiger partial charge in [-0.05, 0) is 31.9 Å². The molecule has 0 unspecified atom stereocenters.